The van der Waals surface area contributed by atoms with E-state index in [0.717, 1.165) is 29.5 Å². The molecule has 3 aromatic rings. The summed E-state index contributed by atoms with van der Waals surface area (Å²) in [5, 5.41) is 9.50. The van der Waals surface area contributed by atoms with E-state index in [1.54, 1.807) is 17.8 Å². The number of hydrogen-bond acceptors (Lipinski definition) is 4. The topological polar surface area (TPSA) is 39.9 Å². The van der Waals surface area contributed by atoms with E-state index >= 15 is 0 Å². The van der Waals surface area contributed by atoms with Gasteiger partial charge in [-0.25, -0.2) is 4.39 Å². The molecule has 0 amide bonds. The van der Waals surface area contributed by atoms with Crippen molar-refractivity contribution in [3.63, 3.8) is 0 Å². The molecule has 0 radical (unpaired) electrons. The van der Waals surface area contributed by atoms with Crippen molar-refractivity contribution in [2.75, 3.05) is 7.11 Å². The van der Waals surface area contributed by atoms with Gasteiger partial charge in [-0.1, -0.05) is 48.2 Å². The Morgan fingerprint density at radius 2 is 1.88 bits per heavy atom. The van der Waals surface area contributed by atoms with E-state index < -0.39 is 0 Å². The summed E-state index contributed by atoms with van der Waals surface area (Å²) in [6.45, 7) is 2.88. The van der Waals surface area contributed by atoms with Crippen LogP contribution < -0.4 is 4.74 Å². The molecule has 0 spiro atoms. The summed E-state index contributed by atoms with van der Waals surface area (Å²) < 4.78 is 20.9. The Morgan fingerprint density at radius 1 is 1.08 bits per heavy atom. The number of rotatable bonds is 7. The number of aromatic nitrogens is 3. The smallest absolute Gasteiger partial charge is 0.191 e. The molecule has 0 aliphatic carbocycles. The third-order valence-electron chi connectivity index (χ3n) is 3.90. The molecule has 1 aromatic heterocycles. The second kappa shape index (κ2) is 8.16. The molecule has 0 N–H and O–H groups in total. The molecule has 25 heavy (non-hydrogen) atoms. The Bertz CT molecular complexity index is 836. The van der Waals surface area contributed by atoms with Crippen LogP contribution in [0.25, 0.3) is 0 Å². The first-order valence-electron chi connectivity index (χ1n) is 8.12. The highest BCUT2D eigenvalue weighted by Crippen LogP contribution is 2.25. The predicted molar refractivity (Wildman–Crippen MR) is 97.5 cm³/mol. The van der Waals surface area contributed by atoms with Crippen molar-refractivity contribution >= 4 is 11.8 Å². The van der Waals surface area contributed by atoms with Gasteiger partial charge in [0.1, 0.15) is 5.82 Å². The number of hydrogen-bond donors (Lipinski definition) is 0. The SMILES string of the molecule is CCn1c(Cc2ccccc2)nnc1SCc1ccc(OC)c(F)c1. The quantitative estimate of drug-likeness (QED) is 0.590. The number of ether oxygens (including phenoxy) is 1. The zero-order chi connectivity index (χ0) is 17.6. The summed E-state index contributed by atoms with van der Waals surface area (Å²) in [6.07, 6.45) is 0.749. The molecule has 6 heteroatoms. The molecule has 0 atom stereocenters. The average Bonchev–Trinajstić information content (AvgIpc) is 3.02. The van der Waals surface area contributed by atoms with Gasteiger partial charge >= 0.3 is 0 Å². The Morgan fingerprint density at radius 3 is 2.56 bits per heavy atom. The first-order chi connectivity index (χ1) is 12.2. The lowest BCUT2D eigenvalue weighted by molar-refractivity contribution is 0.386. The fourth-order valence-electron chi connectivity index (χ4n) is 2.60. The zero-order valence-corrected chi connectivity index (χ0v) is 15.1. The highest BCUT2D eigenvalue weighted by atomic mass is 32.2. The Labute approximate surface area is 151 Å². The van der Waals surface area contributed by atoms with E-state index in [4.69, 9.17) is 4.74 Å². The molecule has 2 aromatic carbocycles. The van der Waals surface area contributed by atoms with Crippen molar-refractivity contribution in [3.05, 3.63) is 71.3 Å². The minimum atomic E-state index is -0.345. The third-order valence-corrected chi connectivity index (χ3v) is 4.94. The van der Waals surface area contributed by atoms with Gasteiger partial charge < -0.3 is 9.30 Å². The van der Waals surface area contributed by atoms with Crippen LogP contribution in [0.2, 0.25) is 0 Å². The summed E-state index contributed by atoms with van der Waals surface area (Å²) in [5.74, 6) is 1.49. The Hall–Kier alpha value is -2.34. The summed E-state index contributed by atoms with van der Waals surface area (Å²) >= 11 is 1.56. The van der Waals surface area contributed by atoms with Gasteiger partial charge in [0.2, 0.25) is 0 Å². The second-order valence-electron chi connectivity index (χ2n) is 5.56. The van der Waals surface area contributed by atoms with Gasteiger partial charge in [-0.2, -0.15) is 0 Å². The molecule has 3 rings (SSSR count). The van der Waals surface area contributed by atoms with Crippen molar-refractivity contribution in [3.8, 4) is 5.75 Å². The van der Waals surface area contributed by atoms with Crippen LogP contribution in [0.4, 0.5) is 4.39 Å². The van der Waals surface area contributed by atoms with Crippen molar-refractivity contribution in [2.24, 2.45) is 0 Å². The maximum Gasteiger partial charge on any atom is 0.191 e. The number of halogens is 1. The van der Waals surface area contributed by atoms with Gasteiger partial charge in [0, 0.05) is 18.7 Å². The summed E-state index contributed by atoms with van der Waals surface area (Å²) in [4.78, 5) is 0. The van der Waals surface area contributed by atoms with E-state index in [9.17, 15) is 4.39 Å². The van der Waals surface area contributed by atoms with E-state index in [1.165, 1.54) is 18.7 Å². The van der Waals surface area contributed by atoms with E-state index in [-0.39, 0.29) is 11.6 Å². The molecule has 0 aliphatic heterocycles. The summed E-state index contributed by atoms with van der Waals surface area (Å²) in [5.41, 5.74) is 2.09. The monoisotopic (exact) mass is 357 g/mol. The van der Waals surface area contributed by atoms with Crippen LogP contribution in [0, 0.1) is 5.82 Å². The van der Waals surface area contributed by atoms with Gasteiger partial charge in [-0.3, -0.25) is 0 Å². The van der Waals surface area contributed by atoms with E-state index in [0.29, 0.717) is 5.75 Å². The number of methoxy groups -OCH3 is 1. The van der Waals surface area contributed by atoms with Crippen LogP contribution in [0.5, 0.6) is 5.75 Å². The minimum Gasteiger partial charge on any atom is -0.494 e. The first-order valence-corrected chi connectivity index (χ1v) is 9.11. The Kier molecular flexibility index (Phi) is 5.71. The molecular weight excluding hydrogens is 337 g/mol. The van der Waals surface area contributed by atoms with Crippen LogP contribution in [0.3, 0.4) is 0 Å². The average molecular weight is 357 g/mol. The third kappa shape index (κ3) is 4.20. The van der Waals surface area contributed by atoms with Crippen molar-refractivity contribution < 1.29 is 9.13 Å². The molecule has 1 heterocycles. The van der Waals surface area contributed by atoms with Crippen molar-refractivity contribution in [2.45, 2.75) is 30.8 Å². The first kappa shape index (κ1) is 17.5. The highest BCUT2D eigenvalue weighted by molar-refractivity contribution is 7.98. The number of thioether (sulfide) groups is 1. The molecule has 4 nitrogen and oxygen atoms in total. The lowest BCUT2D eigenvalue weighted by Gasteiger charge is -2.08. The van der Waals surface area contributed by atoms with Gasteiger partial charge in [-0.15, -0.1) is 10.2 Å². The lowest BCUT2D eigenvalue weighted by Crippen LogP contribution is -2.04. The number of benzene rings is 2. The van der Waals surface area contributed by atoms with Crippen LogP contribution in [0.1, 0.15) is 23.9 Å². The summed E-state index contributed by atoms with van der Waals surface area (Å²) in [7, 11) is 1.46. The highest BCUT2D eigenvalue weighted by Gasteiger charge is 2.12. The molecule has 0 unspecified atom stereocenters. The maximum atomic E-state index is 13.8. The van der Waals surface area contributed by atoms with Gasteiger partial charge in [0.15, 0.2) is 16.7 Å². The van der Waals surface area contributed by atoms with Crippen LogP contribution in [-0.4, -0.2) is 21.9 Å². The molecule has 0 bridgehead atoms. The predicted octanol–water partition coefficient (Wildman–Crippen LogP) is 4.33. The maximum absolute atomic E-state index is 13.8. The molecule has 130 valence electrons. The van der Waals surface area contributed by atoms with E-state index in [2.05, 4.69) is 33.8 Å². The fraction of sp³-hybridized carbons (Fsp3) is 0.263. The largest absolute Gasteiger partial charge is 0.494 e. The molecule has 0 saturated carbocycles. The van der Waals surface area contributed by atoms with Crippen LogP contribution in [-0.2, 0) is 18.7 Å². The standard InChI is InChI=1S/C19H20FN3OS/c1-3-23-18(12-14-7-5-4-6-8-14)21-22-19(23)25-13-15-9-10-17(24-2)16(20)11-15/h4-11H,3,12-13H2,1-2H3. The number of nitrogens with zero attached hydrogens (tertiary/aromatic N) is 3. The lowest BCUT2D eigenvalue weighted by atomic mass is 10.1. The van der Waals surface area contributed by atoms with Crippen molar-refractivity contribution in [1.29, 1.82) is 0 Å². The van der Waals surface area contributed by atoms with Crippen LogP contribution in [0.15, 0.2) is 53.7 Å². The fourth-order valence-corrected chi connectivity index (χ4v) is 3.56. The van der Waals surface area contributed by atoms with Crippen LogP contribution >= 0.6 is 11.8 Å². The molecule has 0 saturated heterocycles. The molecule has 0 fully saturated rings. The normalized spacial score (nSPS) is 10.8. The zero-order valence-electron chi connectivity index (χ0n) is 14.3. The van der Waals surface area contributed by atoms with E-state index in [1.807, 2.05) is 24.3 Å². The minimum absolute atomic E-state index is 0.260. The second-order valence-corrected chi connectivity index (χ2v) is 6.51. The van der Waals surface area contributed by atoms with Gasteiger partial charge in [0.05, 0.1) is 7.11 Å². The Balaban J connectivity index is 1.71. The molecular formula is C19H20FN3OS. The molecule has 0 aliphatic rings. The van der Waals surface area contributed by atoms with Gasteiger partial charge in [-0.05, 0) is 30.2 Å². The summed E-state index contributed by atoms with van der Waals surface area (Å²) in [6, 6.07) is 15.2. The van der Waals surface area contributed by atoms with Crippen molar-refractivity contribution in [1.82, 2.24) is 14.8 Å². The van der Waals surface area contributed by atoms with Gasteiger partial charge in [0.25, 0.3) is 0 Å².